The van der Waals surface area contributed by atoms with Crippen LogP contribution in [0.25, 0.3) is 0 Å². The van der Waals surface area contributed by atoms with Crippen LogP contribution in [0.5, 0.6) is 0 Å². The van der Waals surface area contributed by atoms with Gasteiger partial charge in [-0.15, -0.1) is 0 Å². The second-order valence-electron chi connectivity index (χ2n) is 7.06. The molecule has 2 aromatic rings. The fourth-order valence-electron chi connectivity index (χ4n) is 4.24. The van der Waals surface area contributed by atoms with E-state index in [4.69, 9.17) is 4.42 Å². The van der Waals surface area contributed by atoms with Gasteiger partial charge in [-0.25, -0.2) is 0 Å². The highest BCUT2D eigenvalue weighted by Crippen LogP contribution is 2.44. The SMILES string of the molecule is CN1C(=O)[C@H](c2ccccc2)CC12CCN(C(=O)c1ccco1)CC2. The summed E-state index contributed by atoms with van der Waals surface area (Å²) in [4.78, 5) is 29.0. The summed E-state index contributed by atoms with van der Waals surface area (Å²) in [6.07, 6.45) is 3.97. The summed E-state index contributed by atoms with van der Waals surface area (Å²) in [6, 6.07) is 13.4. The molecule has 2 amide bonds. The number of carbonyl (C=O) groups excluding carboxylic acids is 2. The number of likely N-dealkylation sites (tertiary alicyclic amines) is 2. The van der Waals surface area contributed by atoms with Crippen molar-refractivity contribution in [3.8, 4) is 0 Å². The molecule has 1 spiro atoms. The van der Waals surface area contributed by atoms with Crippen LogP contribution < -0.4 is 0 Å². The number of likely N-dealkylation sites (N-methyl/N-ethyl adjacent to an activating group) is 1. The zero-order chi connectivity index (χ0) is 17.4. The number of amides is 2. The standard InChI is InChI=1S/C20H22N2O3/c1-21-18(23)16(15-6-3-2-4-7-15)14-20(21)9-11-22(12-10-20)19(24)17-8-5-13-25-17/h2-8,13,16H,9-12,14H2,1H3/t16-/m0/s1. The Kier molecular flexibility index (Phi) is 3.86. The van der Waals surface area contributed by atoms with Crippen molar-refractivity contribution in [1.82, 2.24) is 9.80 Å². The molecule has 2 fully saturated rings. The first kappa shape index (κ1) is 15.9. The van der Waals surface area contributed by atoms with Gasteiger partial charge in [-0.3, -0.25) is 9.59 Å². The van der Waals surface area contributed by atoms with Gasteiger partial charge in [0.2, 0.25) is 5.91 Å². The quantitative estimate of drug-likeness (QED) is 0.846. The largest absolute Gasteiger partial charge is 0.459 e. The van der Waals surface area contributed by atoms with Gasteiger partial charge in [0.15, 0.2) is 5.76 Å². The third-order valence-corrected chi connectivity index (χ3v) is 5.84. The Balaban J connectivity index is 1.49. The Morgan fingerprint density at radius 2 is 1.84 bits per heavy atom. The van der Waals surface area contributed by atoms with E-state index in [-0.39, 0.29) is 23.3 Å². The molecule has 0 bridgehead atoms. The van der Waals surface area contributed by atoms with E-state index in [1.54, 1.807) is 12.1 Å². The number of hydrogen-bond acceptors (Lipinski definition) is 3. The smallest absolute Gasteiger partial charge is 0.289 e. The lowest BCUT2D eigenvalue weighted by Gasteiger charge is -2.43. The maximum Gasteiger partial charge on any atom is 0.289 e. The monoisotopic (exact) mass is 338 g/mol. The van der Waals surface area contributed by atoms with Gasteiger partial charge in [0, 0.05) is 25.7 Å². The zero-order valence-corrected chi connectivity index (χ0v) is 14.4. The molecule has 2 aliphatic heterocycles. The molecular weight excluding hydrogens is 316 g/mol. The summed E-state index contributed by atoms with van der Waals surface area (Å²) in [5.41, 5.74) is 0.947. The van der Waals surface area contributed by atoms with Crippen molar-refractivity contribution in [3.63, 3.8) is 0 Å². The van der Waals surface area contributed by atoms with Crippen molar-refractivity contribution in [2.24, 2.45) is 0 Å². The van der Waals surface area contributed by atoms with Crippen LogP contribution in [-0.2, 0) is 4.79 Å². The summed E-state index contributed by atoms with van der Waals surface area (Å²) >= 11 is 0. The average Bonchev–Trinajstić information content (AvgIpc) is 3.27. The van der Waals surface area contributed by atoms with Gasteiger partial charge in [0.25, 0.3) is 5.91 Å². The number of piperidine rings is 1. The molecule has 0 radical (unpaired) electrons. The maximum atomic E-state index is 12.8. The Bertz CT molecular complexity index is 762. The molecule has 2 aliphatic rings. The molecule has 1 atom stereocenters. The van der Waals surface area contributed by atoms with Crippen molar-refractivity contribution in [2.75, 3.05) is 20.1 Å². The van der Waals surface area contributed by atoms with Crippen LogP contribution in [0.15, 0.2) is 53.1 Å². The number of nitrogens with zero attached hydrogens (tertiary/aromatic N) is 2. The lowest BCUT2D eigenvalue weighted by molar-refractivity contribution is -0.131. The van der Waals surface area contributed by atoms with Crippen LogP contribution in [0.3, 0.4) is 0 Å². The van der Waals surface area contributed by atoms with Gasteiger partial charge in [0.1, 0.15) is 0 Å². The molecule has 0 saturated carbocycles. The molecule has 4 rings (SSSR count). The van der Waals surface area contributed by atoms with E-state index >= 15 is 0 Å². The van der Waals surface area contributed by atoms with E-state index in [1.807, 2.05) is 47.2 Å². The summed E-state index contributed by atoms with van der Waals surface area (Å²) in [7, 11) is 1.91. The summed E-state index contributed by atoms with van der Waals surface area (Å²) in [5, 5.41) is 0. The minimum atomic E-state index is -0.141. The minimum absolute atomic E-state index is 0.0635. The fraction of sp³-hybridized carbons (Fsp3) is 0.400. The van der Waals surface area contributed by atoms with E-state index in [2.05, 4.69) is 0 Å². The second-order valence-corrected chi connectivity index (χ2v) is 7.06. The Hall–Kier alpha value is -2.56. The molecule has 5 heteroatoms. The molecule has 0 unspecified atom stereocenters. The van der Waals surface area contributed by atoms with Crippen LogP contribution in [0.2, 0.25) is 0 Å². The van der Waals surface area contributed by atoms with Gasteiger partial charge >= 0.3 is 0 Å². The highest BCUT2D eigenvalue weighted by atomic mass is 16.3. The average molecular weight is 338 g/mol. The topological polar surface area (TPSA) is 53.8 Å². The summed E-state index contributed by atoms with van der Waals surface area (Å²) in [6.45, 7) is 1.30. The van der Waals surface area contributed by atoms with Crippen molar-refractivity contribution >= 4 is 11.8 Å². The van der Waals surface area contributed by atoms with Crippen LogP contribution in [-0.4, -0.2) is 47.3 Å². The van der Waals surface area contributed by atoms with Gasteiger partial charge in [0.05, 0.1) is 12.2 Å². The fourth-order valence-corrected chi connectivity index (χ4v) is 4.24. The van der Waals surface area contributed by atoms with Crippen molar-refractivity contribution in [3.05, 3.63) is 60.1 Å². The number of rotatable bonds is 2. The van der Waals surface area contributed by atoms with Crippen molar-refractivity contribution < 1.29 is 14.0 Å². The minimum Gasteiger partial charge on any atom is -0.459 e. The van der Waals surface area contributed by atoms with E-state index in [0.717, 1.165) is 24.8 Å². The highest BCUT2D eigenvalue weighted by molar-refractivity contribution is 5.91. The number of carbonyl (C=O) groups is 2. The Labute approximate surface area is 147 Å². The molecule has 2 saturated heterocycles. The van der Waals surface area contributed by atoms with Crippen molar-refractivity contribution in [2.45, 2.75) is 30.7 Å². The maximum absolute atomic E-state index is 12.8. The van der Waals surface area contributed by atoms with Gasteiger partial charge < -0.3 is 14.2 Å². The van der Waals surface area contributed by atoms with Gasteiger partial charge in [-0.2, -0.15) is 0 Å². The summed E-state index contributed by atoms with van der Waals surface area (Å²) in [5.74, 6) is 0.441. The van der Waals surface area contributed by atoms with E-state index < -0.39 is 0 Å². The van der Waals surface area contributed by atoms with Crippen LogP contribution in [0.4, 0.5) is 0 Å². The van der Waals surface area contributed by atoms with E-state index in [1.165, 1.54) is 6.26 Å². The first-order valence-electron chi connectivity index (χ1n) is 8.76. The number of furan rings is 1. The summed E-state index contributed by atoms with van der Waals surface area (Å²) < 4.78 is 5.22. The zero-order valence-electron chi connectivity index (χ0n) is 14.4. The van der Waals surface area contributed by atoms with Crippen LogP contribution >= 0.6 is 0 Å². The molecule has 1 aromatic heterocycles. The first-order valence-corrected chi connectivity index (χ1v) is 8.76. The number of hydrogen-bond donors (Lipinski definition) is 0. The highest BCUT2D eigenvalue weighted by Gasteiger charge is 2.50. The number of benzene rings is 1. The normalized spacial score (nSPS) is 22.6. The molecular formula is C20H22N2O3. The third-order valence-electron chi connectivity index (χ3n) is 5.84. The molecule has 0 aliphatic carbocycles. The van der Waals surface area contributed by atoms with Crippen LogP contribution in [0.1, 0.15) is 41.3 Å². The second kappa shape index (κ2) is 6.06. The third kappa shape index (κ3) is 2.64. The molecule has 25 heavy (non-hydrogen) atoms. The molecule has 130 valence electrons. The van der Waals surface area contributed by atoms with E-state index in [0.29, 0.717) is 18.8 Å². The van der Waals surface area contributed by atoms with E-state index in [9.17, 15) is 9.59 Å². The predicted octanol–water partition coefficient (Wildman–Crippen LogP) is 2.90. The molecule has 5 nitrogen and oxygen atoms in total. The van der Waals surface area contributed by atoms with Crippen LogP contribution in [0, 0.1) is 0 Å². The van der Waals surface area contributed by atoms with Crippen molar-refractivity contribution in [1.29, 1.82) is 0 Å². The lowest BCUT2D eigenvalue weighted by Crippen LogP contribution is -2.52. The Morgan fingerprint density at radius 3 is 2.48 bits per heavy atom. The lowest BCUT2D eigenvalue weighted by atomic mass is 9.81. The van der Waals surface area contributed by atoms with Gasteiger partial charge in [-0.05, 0) is 37.0 Å². The predicted molar refractivity (Wildman–Crippen MR) is 93.1 cm³/mol. The molecule has 0 N–H and O–H groups in total. The van der Waals surface area contributed by atoms with Gasteiger partial charge in [-0.1, -0.05) is 30.3 Å². The first-order chi connectivity index (χ1) is 12.1. The Morgan fingerprint density at radius 1 is 1.12 bits per heavy atom. The molecule has 1 aromatic carbocycles. The molecule has 3 heterocycles.